The van der Waals surface area contributed by atoms with Gasteiger partial charge in [0.25, 0.3) is 0 Å². The molecule has 4 nitrogen and oxygen atoms in total. The van der Waals surface area contributed by atoms with Crippen molar-refractivity contribution < 1.29 is 14.3 Å². The highest BCUT2D eigenvalue weighted by atomic mass is 16.5. The maximum Gasteiger partial charge on any atom is 0.302 e. The number of benzene rings is 2. The van der Waals surface area contributed by atoms with Crippen LogP contribution in [0, 0.1) is 0 Å². The van der Waals surface area contributed by atoms with E-state index in [9.17, 15) is 4.79 Å². The van der Waals surface area contributed by atoms with Crippen LogP contribution in [0.3, 0.4) is 0 Å². The van der Waals surface area contributed by atoms with Gasteiger partial charge in [0.1, 0.15) is 12.4 Å². The molecule has 2 aromatic carbocycles. The molecule has 0 heterocycles. The number of ether oxygens (including phenoxy) is 2. The highest BCUT2D eigenvalue weighted by Crippen LogP contribution is 2.19. The van der Waals surface area contributed by atoms with E-state index >= 15 is 0 Å². The van der Waals surface area contributed by atoms with Crippen molar-refractivity contribution in [2.24, 2.45) is 0 Å². The summed E-state index contributed by atoms with van der Waals surface area (Å²) in [5.41, 5.74) is 3.21. The summed E-state index contributed by atoms with van der Waals surface area (Å²) in [4.78, 5) is 11.0. The number of hydrogen-bond donors (Lipinski definition) is 1. The second kappa shape index (κ2) is 8.22. The highest BCUT2D eigenvalue weighted by molar-refractivity contribution is 5.66. The Kier molecular flexibility index (Phi) is 6.03. The number of rotatable bonds is 7. The van der Waals surface area contributed by atoms with E-state index in [2.05, 4.69) is 24.4 Å². The third kappa shape index (κ3) is 5.33. The topological polar surface area (TPSA) is 47.6 Å². The van der Waals surface area contributed by atoms with Gasteiger partial charge in [0.05, 0.1) is 7.11 Å². The molecule has 0 unspecified atom stereocenters. The third-order valence-electron chi connectivity index (χ3n) is 3.55. The normalized spacial score (nSPS) is 11.6. The number of nitrogens with one attached hydrogen (secondary N) is 1. The molecule has 0 aliphatic carbocycles. The summed E-state index contributed by atoms with van der Waals surface area (Å²) < 4.78 is 10.3. The summed E-state index contributed by atoms with van der Waals surface area (Å²) in [5, 5.41) is 3.49. The number of anilines is 1. The van der Waals surface area contributed by atoms with Gasteiger partial charge in [0, 0.05) is 24.2 Å². The molecule has 0 amide bonds. The Morgan fingerprint density at radius 3 is 2.48 bits per heavy atom. The van der Waals surface area contributed by atoms with Crippen LogP contribution in [0.5, 0.6) is 5.75 Å². The fraction of sp³-hybridized carbons (Fsp3) is 0.316. The minimum Gasteiger partial charge on any atom is -0.497 e. The molecule has 23 heavy (non-hydrogen) atoms. The molecule has 1 N–H and O–H groups in total. The first kappa shape index (κ1) is 16.9. The summed E-state index contributed by atoms with van der Waals surface area (Å²) in [6.07, 6.45) is 0.895. The number of carbonyl (C=O) groups excluding carboxylic acids is 1. The molecule has 0 fully saturated rings. The van der Waals surface area contributed by atoms with Crippen LogP contribution in [0.1, 0.15) is 25.0 Å². The maximum atomic E-state index is 11.0. The molecule has 2 rings (SSSR count). The molecule has 2 aromatic rings. The molecule has 0 radical (unpaired) electrons. The maximum absolute atomic E-state index is 11.0. The zero-order valence-corrected chi connectivity index (χ0v) is 13.8. The molecule has 0 aliphatic heterocycles. The predicted octanol–water partition coefficient (Wildman–Crippen LogP) is 3.80. The lowest BCUT2D eigenvalue weighted by Gasteiger charge is -2.18. The van der Waals surface area contributed by atoms with Gasteiger partial charge in [-0.2, -0.15) is 0 Å². The minimum atomic E-state index is -0.272. The molecule has 0 aliphatic rings. The van der Waals surface area contributed by atoms with Gasteiger partial charge in [0.15, 0.2) is 0 Å². The van der Waals surface area contributed by atoms with Gasteiger partial charge in [-0.1, -0.05) is 30.3 Å². The number of esters is 1. The van der Waals surface area contributed by atoms with Crippen LogP contribution in [0.2, 0.25) is 0 Å². The Bertz CT molecular complexity index is 637. The molecular formula is C19H23NO3. The smallest absolute Gasteiger partial charge is 0.302 e. The Morgan fingerprint density at radius 1 is 1.13 bits per heavy atom. The van der Waals surface area contributed by atoms with E-state index < -0.39 is 0 Å². The van der Waals surface area contributed by atoms with Crippen molar-refractivity contribution in [3.05, 3.63) is 59.7 Å². The van der Waals surface area contributed by atoms with Gasteiger partial charge in [-0.05, 0) is 37.1 Å². The third-order valence-corrected chi connectivity index (χ3v) is 3.55. The first-order chi connectivity index (χ1) is 11.1. The lowest BCUT2D eigenvalue weighted by molar-refractivity contribution is -0.142. The van der Waals surface area contributed by atoms with Gasteiger partial charge >= 0.3 is 5.97 Å². The zero-order chi connectivity index (χ0) is 16.7. The first-order valence-corrected chi connectivity index (χ1v) is 7.69. The molecule has 122 valence electrons. The highest BCUT2D eigenvalue weighted by Gasteiger charge is 2.08. The van der Waals surface area contributed by atoms with E-state index in [1.165, 1.54) is 12.5 Å². The van der Waals surface area contributed by atoms with Crippen LogP contribution in [0.4, 0.5) is 5.69 Å². The lowest BCUT2D eigenvalue weighted by Crippen LogP contribution is -2.19. The van der Waals surface area contributed by atoms with Gasteiger partial charge in [0.2, 0.25) is 0 Å². The molecule has 0 bridgehead atoms. The van der Waals surface area contributed by atoms with Crippen LogP contribution >= 0.6 is 0 Å². The Hall–Kier alpha value is -2.49. The van der Waals surface area contributed by atoms with Crippen molar-refractivity contribution >= 4 is 11.7 Å². The van der Waals surface area contributed by atoms with Crippen molar-refractivity contribution in [1.29, 1.82) is 0 Å². The Balaban J connectivity index is 1.98. The zero-order valence-electron chi connectivity index (χ0n) is 13.8. The summed E-state index contributed by atoms with van der Waals surface area (Å²) >= 11 is 0. The Morgan fingerprint density at radius 2 is 1.83 bits per heavy atom. The monoisotopic (exact) mass is 313 g/mol. The summed E-state index contributed by atoms with van der Waals surface area (Å²) in [6.45, 7) is 3.84. The average Bonchev–Trinajstić information content (AvgIpc) is 2.54. The van der Waals surface area contributed by atoms with E-state index in [-0.39, 0.29) is 18.6 Å². The van der Waals surface area contributed by atoms with E-state index in [4.69, 9.17) is 9.47 Å². The van der Waals surface area contributed by atoms with Crippen molar-refractivity contribution in [3.8, 4) is 5.75 Å². The van der Waals surface area contributed by atoms with Gasteiger partial charge in [-0.3, -0.25) is 4.79 Å². The molecule has 0 saturated carbocycles. The minimum absolute atomic E-state index is 0.252. The molecular weight excluding hydrogens is 290 g/mol. The quantitative estimate of drug-likeness (QED) is 0.790. The van der Waals surface area contributed by atoms with Crippen LogP contribution in [0.15, 0.2) is 48.5 Å². The lowest BCUT2D eigenvalue weighted by atomic mass is 10.1. The van der Waals surface area contributed by atoms with Crippen molar-refractivity contribution in [2.75, 3.05) is 12.4 Å². The summed E-state index contributed by atoms with van der Waals surface area (Å²) in [7, 11) is 1.67. The van der Waals surface area contributed by atoms with E-state index in [0.29, 0.717) is 0 Å². The number of hydrogen-bond acceptors (Lipinski definition) is 4. The van der Waals surface area contributed by atoms with Gasteiger partial charge < -0.3 is 14.8 Å². The fourth-order valence-corrected chi connectivity index (χ4v) is 2.40. The van der Waals surface area contributed by atoms with Crippen molar-refractivity contribution in [3.63, 3.8) is 0 Å². The second-order valence-corrected chi connectivity index (χ2v) is 5.53. The van der Waals surface area contributed by atoms with E-state index in [1.54, 1.807) is 7.11 Å². The van der Waals surface area contributed by atoms with Crippen molar-refractivity contribution in [2.45, 2.75) is 32.9 Å². The Labute approximate surface area is 137 Å². The van der Waals surface area contributed by atoms with Gasteiger partial charge in [-0.25, -0.2) is 0 Å². The van der Waals surface area contributed by atoms with Crippen LogP contribution in [-0.4, -0.2) is 19.1 Å². The van der Waals surface area contributed by atoms with Crippen LogP contribution < -0.4 is 10.1 Å². The number of carbonyl (C=O) groups is 1. The largest absolute Gasteiger partial charge is 0.497 e. The average molecular weight is 313 g/mol. The second-order valence-electron chi connectivity index (χ2n) is 5.53. The summed E-state index contributed by atoms with van der Waals surface area (Å²) in [5.74, 6) is 0.590. The molecule has 4 heteroatoms. The van der Waals surface area contributed by atoms with Crippen LogP contribution in [0.25, 0.3) is 0 Å². The van der Waals surface area contributed by atoms with Crippen LogP contribution in [-0.2, 0) is 22.6 Å². The van der Waals surface area contributed by atoms with Gasteiger partial charge in [-0.15, -0.1) is 0 Å². The number of para-hydroxylation sites is 1. The van der Waals surface area contributed by atoms with E-state index in [0.717, 1.165) is 23.4 Å². The van der Waals surface area contributed by atoms with E-state index in [1.807, 2.05) is 36.4 Å². The van der Waals surface area contributed by atoms with Crippen molar-refractivity contribution in [1.82, 2.24) is 0 Å². The molecule has 1 atom stereocenters. The molecule has 0 saturated heterocycles. The summed E-state index contributed by atoms with van der Waals surface area (Å²) in [6, 6.07) is 16.2. The number of methoxy groups -OCH3 is 1. The fourth-order valence-electron chi connectivity index (χ4n) is 2.40. The SMILES string of the molecule is COc1ccc(C[C@H](C)Nc2ccccc2COC(C)=O)cc1. The molecule has 0 spiro atoms. The first-order valence-electron chi connectivity index (χ1n) is 7.69. The predicted molar refractivity (Wildman–Crippen MR) is 91.7 cm³/mol. The standard InChI is InChI=1S/C19H23NO3/c1-14(12-16-8-10-18(22-3)11-9-16)20-19-7-5-4-6-17(19)13-23-15(2)21/h4-11,14,20H,12-13H2,1-3H3/t14-/m0/s1. The molecule has 0 aromatic heterocycles.